The van der Waals surface area contributed by atoms with Gasteiger partial charge < -0.3 is 10.6 Å². The number of thiophene rings is 1. The molecule has 28 heavy (non-hydrogen) atoms. The molecule has 2 aromatic rings. The zero-order chi connectivity index (χ0) is 20.6. The van der Waals surface area contributed by atoms with Crippen LogP contribution >= 0.6 is 27.3 Å². The van der Waals surface area contributed by atoms with Gasteiger partial charge in [-0.3, -0.25) is 24.6 Å². The highest BCUT2D eigenvalue weighted by Gasteiger charge is 2.50. The second-order valence-corrected chi connectivity index (χ2v) is 8.48. The fourth-order valence-electron chi connectivity index (χ4n) is 2.67. The minimum atomic E-state index is -1.30. The Morgan fingerprint density at radius 3 is 2.71 bits per heavy atom. The maximum Gasteiger partial charge on any atom is 0.325 e. The third kappa shape index (κ3) is 3.60. The lowest BCUT2D eigenvalue weighted by molar-refractivity contribution is -0.387. The minimum Gasteiger partial charge on any atom is -0.324 e. The van der Waals surface area contributed by atoms with Gasteiger partial charge in [-0.25, -0.2) is 4.79 Å². The number of imide groups is 1. The summed E-state index contributed by atoms with van der Waals surface area (Å²) in [6.07, 6.45) is 0. The molecule has 2 heterocycles. The number of urea groups is 1. The van der Waals surface area contributed by atoms with E-state index in [2.05, 4.69) is 26.6 Å². The first-order valence-corrected chi connectivity index (χ1v) is 9.36. The Kier molecular flexibility index (Phi) is 5.17. The van der Waals surface area contributed by atoms with Crippen molar-refractivity contribution in [3.8, 4) is 0 Å². The third-order valence-electron chi connectivity index (χ3n) is 4.07. The molecule has 1 aromatic heterocycles. The van der Waals surface area contributed by atoms with Gasteiger partial charge in [-0.15, -0.1) is 11.3 Å². The Balaban J connectivity index is 1.74. The number of rotatable bonds is 5. The number of amides is 4. The van der Waals surface area contributed by atoms with Crippen LogP contribution in [-0.4, -0.2) is 34.2 Å². The lowest BCUT2D eigenvalue weighted by Gasteiger charge is -2.20. The normalized spacial score (nSPS) is 18.9. The number of nitro benzene ring substituents is 1. The molecule has 3 rings (SSSR count). The topological polar surface area (TPSA) is 122 Å². The van der Waals surface area contributed by atoms with E-state index in [-0.39, 0.29) is 5.69 Å². The van der Waals surface area contributed by atoms with Crippen molar-refractivity contribution in [3.63, 3.8) is 0 Å². The zero-order valence-electron chi connectivity index (χ0n) is 14.2. The number of hydrogen-bond donors (Lipinski definition) is 2. The van der Waals surface area contributed by atoms with Crippen molar-refractivity contribution in [2.75, 3.05) is 11.9 Å². The lowest BCUT2D eigenvalue weighted by atomic mass is 10.0. The number of nitrogens with zero attached hydrogens (tertiary/aromatic N) is 2. The average Bonchev–Trinajstić information content (AvgIpc) is 3.15. The molecule has 146 valence electrons. The van der Waals surface area contributed by atoms with Gasteiger partial charge in [0, 0.05) is 16.6 Å². The monoisotopic (exact) mass is 470 g/mol. The van der Waals surface area contributed by atoms with Crippen LogP contribution in [0.4, 0.5) is 20.6 Å². The molecule has 0 saturated carbocycles. The number of nitro groups is 1. The van der Waals surface area contributed by atoms with E-state index in [0.29, 0.717) is 4.88 Å². The van der Waals surface area contributed by atoms with E-state index in [0.717, 1.165) is 26.9 Å². The van der Waals surface area contributed by atoms with Gasteiger partial charge in [0.25, 0.3) is 5.91 Å². The van der Waals surface area contributed by atoms with Crippen molar-refractivity contribution in [1.29, 1.82) is 0 Å². The fraction of sp³-hybridized carbons (Fsp3) is 0.188. The Morgan fingerprint density at radius 1 is 1.39 bits per heavy atom. The smallest absolute Gasteiger partial charge is 0.324 e. The molecule has 0 spiro atoms. The number of nitrogens with one attached hydrogen (secondary N) is 2. The van der Waals surface area contributed by atoms with E-state index in [1.54, 1.807) is 12.1 Å². The molecule has 0 bridgehead atoms. The fourth-order valence-corrected chi connectivity index (χ4v) is 4.15. The molecule has 1 fully saturated rings. The zero-order valence-corrected chi connectivity index (χ0v) is 16.6. The van der Waals surface area contributed by atoms with Crippen LogP contribution in [0.15, 0.2) is 34.1 Å². The number of hydrogen-bond acceptors (Lipinski definition) is 6. The summed E-state index contributed by atoms with van der Waals surface area (Å²) in [6, 6.07) is 5.52. The van der Waals surface area contributed by atoms with E-state index in [9.17, 15) is 28.9 Å². The molecule has 0 radical (unpaired) electrons. The number of benzene rings is 1. The van der Waals surface area contributed by atoms with Crippen molar-refractivity contribution >= 4 is 56.5 Å². The lowest BCUT2D eigenvalue weighted by Crippen LogP contribution is -2.41. The second kappa shape index (κ2) is 7.28. The largest absolute Gasteiger partial charge is 0.325 e. The van der Waals surface area contributed by atoms with Gasteiger partial charge in [0.1, 0.15) is 6.54 Å². The van der Waals surface area contributed by atoms with Crippen LogP contribution in [0.1, 0.15) is 11.8 Å². The van der Waals surface area contributed by atoms with Gasteiger partial charge in [-0.05, 0) is 47.1 Å². The van der Waals surface area contributed by atoms with Gasteiger partial charge in [0.05, 0.1) is 8.71 Å². The van der Waals surface area contributed by atoms with Crippen LogP contribution in [-0.2, 0) is 15.1 Å². The summed E-state index contributed by atoms with van der Waals surface area (Å²) in [5.41, 5.74) is -2.14. The van der Waals surface area contributed by atoms with Crippen LogP contribution in [0, 0.1) is 15.9 Å². The van der Waals surface area contributed by atoms with Crippen LogP contribution in [0.25, 0.3) is 0 Å². The highest BCUT2D eigenvalue weighted by Crippen LogP contribution is 2.35. The Hall–Kier alpha value is -2.86. The summed E-state index contributed by atoms with van der Waals surface area (Å²) in [5.74, 6) is -2.41. The van der Waals surface area contributed by atoms with Crippen molar-refractivity contribution in [2.45, 2.75) is 12.5 Å². The summed E-state index contributed by atoms with van der Waals surface area (Å²) < 4.78 is 14.2. The van der Waals surface area contributed by atoms with Crippen molar-refractivity contribution in [2.24, 2.45) is 0 Å². The van der Waals surface area contributed by atoms with Crippen LogP contribution in [0.3, 0.4) is 0 Å². The van der Waals surface area contributed by atoms with E-state index in [1.807, 2.05) is 0 Å². The van der Waals surface area contributed by atoms with E-state index < -0.39 is 46.4 Å². The van der Waals surface area contributed by atoms with Crippen LogP contribution < -0.4 is 10.6 Å². The Labute approximate surface area is 169 Å². The van der Waals surface area contributed by atoms with Gasteiger partial charge in [0.15, 0.2) is 5.54 Å². The molecule has 1 saturated heterocycles. The van der Waals surface area contributed by atoms with Crippen LogP contribution in [0.2, 0.25) is 0 Å². The van der Waals surface area contributed by atoms with Gasteiger partial charge in [-0.1, -0.05) is 0 Å². The summed E-state index contributed by atoms with van der Waals surface area (Å²) in [6.45, 7) is 0.935. The summed E-state index contributed by atoms with van der Waals surface area (Å²) >= 11 is 4.57. The molecule has 9 nitrogen and oxygen atoms in total. The van der Waals surface area contributed by atoms with E-state index >= 15 is 0 Å². The highest BCUT2D eigenvalue weighted by atomic mass is 79.9. The predicted molar refractivity (Wildman–Crippen MR) is 101 cm³/mol. The molecule has 0 aliphatic carbocycles. The molecular formula is C16H12BrFN4O5S. The highest BCUT2D eigenvalue weighted by molar-refractivity contribution is 9.11. The van der Waals surface area contributed by atoms with E-state index in [1.165, 1.54) is 18.3 Å². The maximum atomic E-state index is 13.4. The standard InChI is InChI=1S/C16H12BrFN4O5S/c1-16(11-4-5-12(17)28-11)14(24)21(15(25)20-16)7-13(23)19-8-2-3-9(18)10(6-8)22(26)27/h2-6H,7H2,1H3,(H,19,23)(H,20,25). The number of anilines is 1. The second-order valence-electron chi connectivity index (χ2n) is 6.02. The minimum absolute atomic E-state index is 0.0323. The van der Waals surface area contributed by atoms with Gasteiger partial charge in [0.2, 0.25) is 11.7 Å². The van der Waals surface area contributed by atoms with Gasteiger partial charge >= 0.3 is 11.7 Å². The van der Waals surface area contributed by atoms with E-state index in [4.69, 9.17) is 0 Å². The number of halogens is 2. The molecular weight excluding hydrogens is 459 g/mol. The molecule has 4 amide bonds. The third-order valence-corrected chi connectivity index (χ3v) is 5.91. The average molecular weight is 471 g/mol. The summed E-state index contributed by atoms with van der Waals surface area (Å²) in [4.78, 5) is 48.4. The first-order valence-electron chi connectivity index (χ1n) is 7.75. The molecule has 2 N–H and O–H groups in total. The first kappa shape index (κ1) is 19.9. The van der Waals surface area contributed by atoms with Crippen molar-refractivity contribution in [1.82, 2.24) is 10.2 Å². The number of carbonyl (C=O) groups is 3. The predicted octanol–water partition coefficient (Wildman–Crippen LogP) is 2.96. The molecule has 1 aliphatic rings. The van der Waals surface area contributed by atoms with Gasteiger partial charge in [-0.2, -0.15) is 4.39 Å². The Bertz CT molecular complexity index is 1010. The summed E-state index contributed by atoms with van der Waals surface area (Å²) in [7, 11) is 0. The molecule has 1 aliphatic heterocycles. The summed E-state index contributed by atoms with van der Waals surface area (Å²) in [5, 5.41) is 15.7. The maximum absolute atomic E-state index is 13.4. The molecule has 1 aromatic carbocycles. The van der Waals surface area contributed by atoms with Crippen molar-refractivity contribution in [3.05, 3.63) is 54.9 Å². The molecule has 1 unspecified atom stereocenters. The first-order chi connectivity index (χ1) is 13.1. The molecule has 1 atom stereocenters. The van der Waals surface area contributed by atoms with Crippen molar-refractivity contribution < 1.29 is 23.7 Å². The van der Waals surface area contributed by atoms with Crippen LogP contribution in [0.5, 0.6) is 0 Å². The number of carbonyl (C=O) groups excluding carboxylic acids is 3. The quantitative estimate of drug-likeness (QED) is 0.395. The molecule has 12 heteroatoms. The SMILES string of the molecule is CC1(c2ccc(Br)s2)NC(=O)N(CC(=O)Nc2ccc(F)c([N+](=O)[O-])c2)C1=O. The Morgan fingerprint density at radius 2 is 2.11 bits per heavy atom.